The van der Waals surface area contributed by atoms with Gasteiger partial charge in [-0.05, 0) is 12.1 Å². The monoisotopic (exact) mass is 197 g/mol. The van der Waals surface area contributed by atoms with Crippen LogP contribution in [0, 0.1) is 0 Å². The molecule has 1 N–H and O–H groups in total. The second-order valence-corrected chi connectivity index (χ2v) is 3.29. The number of hydrogen-bond acceptors (Lipinski definition) is 3. The molecule has 0 aromatic carbocycles. The number of nitrogens with zero attached hydrogens (tertiary/aromatic N) is 2. The molecule has 0 fully saturated rings. The molecule has 0 bridgehead atoms. The van der Waals surface area contributed by atoms with Gasteiger partial charge in [0.25, 0.3) is 5.56 Å². The van der Waals surface area contributed by atoms with E-state index in [4.69, 9.17) is 0 Å². The van der Waals surface area contributed by atoms with Gasteiger partial charge in [-0.15, -0.1) is 0 Å². The molecule has 15 heavy (non-hydrogen) atoms. The average Bonchev–Trinajstić information content (AvgIpc) is 2.29. The van der Waals surface area contributed by atoms with E-state index in [1.165, 1.54) is 0 Å². The molecule has 3 heterocycles. The van der Waals surface area contributed by atoms with Gasteiger partial charge < -0.3 is 4.98 Å². The van der Waals surface area contributed by atoms with Crippen molar-refractivity contribution in [1.29, 1.82) is 0 Å². The van der Waals surface area contributed by atoms with Crippen molar-refractivity contribution in [2.24, 2.45) is 0 Å². The van der Waals surface area contributed by atoms with Crippen LogP contribution in [-0.4, -0.2) is 15.0 Å². The fourth-order valence-electron chi connectivity index (χ4n) is 1.71. The number of H-pyrrole nitrogens is 1. The van der Waals surface area contributed by atoms with Crippen LogP contribution in [0.4, 0.5) is 0 Å². The second-order valence-electron chi connectivity index (χ2n) is 3.29. The van der Waals surface area contributed by atoms with Crippen molar-refractivity contribution < 1.29 is 0 Å². The largest absolute Gasteiger partial charge is 0.329 e. The topological polar surface area (TPSA) is 58.6 Å². The predicted molar refractivity (Wildman–Crippen MR) is 57.7 cm³/mol. The predicted octanol–water partition coefficient (Wildman–Crippen LogP) is 1.47. The number of pyridine rings is 3. The smallest absolute Gasteiger partial charge is 0.256 e. The van der Waals surface area contributed by atoms with E-state index >= 15 is 0 Å². The summed E-state index contributed by atoms with van der Waals surface area (Å²) in [5.41, 5.74) is 0.683. The Hall–Kier alpha value is -2.23. The lowest BCUT2D eigenvalue weighted by atomic mass is 10.1. The Labute approximate surface area is 84.6 Å². The highest BCUT2D eigenvalue weighted by Gasteiger charge is 2.04. The first-order valence-corrected chi connectivity index (χ1v) is 4.56. The summed E-state index contributed by atoms with van der Waals surface area (Å²) < 4.78 is 0. The standard InChI is InChI=1S/C11H7N3O/c15-11-10-7(1-4-13-11)5-14-9-2-3-12-6-8(9)10/h1-6H,(H,13,15). The molecule has 3 aromatic rings. The normalized spacial score (nSPS) is 10.9. The van der Waals surface area contributed by atoms with Gasteiger partial charge in [-0.1, -0.05) is 0 Å². The van der Waals surface area contributed by atoms with Gasteiger partial charge in [0.05, 0.1) is 10.9 Å². The van der Waals surface area contributed by atoms with E-state index in [1.54, 1.807) is 30.9 Å². The third-order valence-corrected chi connectivity index (χ3v) is 2.40. The molecule has 0 saturated carbocycles. The van der Waals surface area contributed by atoms with E-state index < -0.39 is 0 Å². The summed E-state index contributed by atoms with van der Waals surface area (Å²) in [5, 5.41) is 2.27. The molecule has 0 aliphatic carbocycles. The van der Waals surface area contributed by atoms with Crippen molar-refractivity contribution in [2.45, 2.75) is 0 Å². The molecular formula is C11H7N3O. The molecule has 0 amide bonds. The second kappa shape index (κ2) is 2.88. The first-order chi connectivity index (χ1) is 7.36. The highest BCUT2D eigenvalue weighted by molar-refractivity contribution is 6.04. The van der Waals surface area contributed by atoms with Crippen LogP contribution in [-0.2, 0) is 0 Å². The van der Waals surface area contributed by atoms with Crippen molar-refractivity contribution in [3.05, 3.63) is 47.3 Å². The lowest BCUT2D eigenvalue weighted by molar-refractivity contribution is 1.27. The zero-order chi connectivity index (χ0) is 10.3. The minimum Gasteiger partial charge on any atom is -0.329 e. The van der Waals surface area contributed by atoms with Crippen molar-refractivity contribution in [1.82, 2.24) is 15.0 Å². The quantitative estimate of drug-likeness (QED) is 0.555. The van der Waals surface area contributed by atoms with Gasteiger partial charge in [-0.2, -0.15) is 0 Å². The van der Waals surface area contributed by atoms with Crippen LogP contribution < -0.4 is 5.56 Å². The van der Waals surface area contributed by atoms with Gasteiger partial charge in [-0.3, -0.25) is 14.8 Å². The minimum absolute atomic E-state index is 0.104. The van der Waals surface area contributed by atoms with Crippen molar-refractivity contribution in [3.8, 4) is 0 Å². The number of aromatic nitrogens is 3. The summed E-state index contributed by atoms with van der Waals surface area (Å²) in [6, 6.07) is 3.62. The molecule has 0 saturated heterocycles. The van der Waals surface area contributed by atoms with E-state index in [2.05, 4.69) is 15.0 Å². The summed E-state index contributed by atoms with van der Waals surface area (Å²) in [6.45, 7) is 0. The third-order valence-electron chi connectivity index (χ3n) is 2.40. The molecular weight excluding hydrogens is 190 g/mol. The zero-order valence-corrected chi connectivity index (χ0v) is 7.77. The molecule has 0 aliphatic rings. The Bertz CT molecular complexity index is 703. The Morgan fingerprint density at radius 3 is 3.07 bits per heavy atom. The van der Waals surface area contributed by atoms with Gasteiger partial charge in [0.1, 0.15) is 0 Å². The lowest BCUT2D eigenvalue weighted by Crippen LogP contribution is -2.05. The van der Waals surface area contributed by atoms with Crippen LogP contribution in [0.3, 0.4) is 0 Å². The van der Waals surface area contributed by atoms with Gasteiger partial charge in [0, 0.05) is 35.6 Å². The van der Waals surface area contributed by atoms with Gasteiger partial charge >= 0.3 is 0 Å². The number of aromatic amines is 1. The molecule has 72 valence electrons. The highest BCUT2D eigenvalue weighted by Crippen LogP contribution is 2.18. The summed E-state index contributed by atoms with van der Waals surface area (Å²) in [4.78, 5) is 22.6. The van der Waals surface area contributed by atoms with E-state index in [9.17, 15) is 4.79 Å². The Kier molecular flexibility index (Phi) is 1.56. The molecule has 0 unspecified atom stereocenters. The maximum Gasteiger partial charge on any atom is 0.256 e. The van der Waals surface area contributed by atoms with E-state index in [1.807, 2.05) is 6.07 Å². The molecule has 4 heteroatoms. The van der Waals surface area contributed by atoms with Crippen LogP contribution in [0.1, 0.15) is 0 Å². The van der Waals surface area contributed by atoms with Crippen LogP contribution >= 0.6 is 0 Å². The molecule has 3 aromatic heterocycles. The van der Waals surface area contributed by atoms with E-state index in [-0.39, 0.29) is 5.56 Å². The Balaban J connectivity index is 2.70. The summed E-state index contributed by atoms with van der Waals surface area (Å²) in [7, 11) is 0. The number of nitrogens with one attached hydrogen (secondary N) is 1. The molecule has 0 aliphatic heterocycles. The van der Waals surface area contributed by atoms with Crippen LogP contribution in [0.15, 0.2) is 41.7 Å². The SMILES string of the molecule is O=c1[nH]ccc2cnc3ccncc3c12. The zero-order valence-electron chi connectivity index (χ0n) is 7.77. The van der Waals surface area contributed by atoms with Crippen LogP contribution in [0.2, 0.25) is 0 Å². The Morgan fingerprint density at radius 1 is 1.20 bits per heavy atom. The molecule has 0 radical (unpaired) electrons. The first-order valence-electron chi connectivity index (χ1n) is 4.56. The summed E-state index contributed by atoms with van der Waals surface area (Å²) in [5.74, 6) is 0. The summed E-state index contributed by atoms with van der Waals surface area (Å²) >= 11 is 0. The van der Waals surface area contributed by atoms with E-state index in [0.29, 0.717) is 5.39 Å². The maximum atomic E-state index is 11.7. The fourth-order valence-corrected chi connectivity index (χ4v) is 1.71. The third kappa shape index (κ3) is 1.11. The number of rotatable bonds is 0. The number of hydrogen-bond donors (Lipinski definition) is 1. The van der Waals surface area contributed by atoms with Gasteiger partial charge in [0.2, 0.25) is 0 Å². The van der Waals surface area contributed by atoms with Crippen molar-refractivity contribution in [2.75, 3.05) is 0 Å². The van der Waals surface area contributed by atoms with Gasteiger partial charge in [-0.25, -0.2) is 0 Å². The number of fused-ring (bicyclic) bond motifs is 3. The highest BCUT2D eigenvalue weighted by atomic mass is 16.1. The molecule has 0 atom stereocenters. The Morgan fingerprint density at radius 2 is 2.13 bits per heavy atom. The van der Waals surface area contributed by atoms with Crippen LogP contribution in [0.25, 0.3) is 21.7 Å². The van der Waals surface area contributed by atoms with Crippen LogP contribution in [0.5, 0.6) is 0 Å². The van der Waals surface area contributed by atoms with E-state index in [0.717, 1.165) is 16.3 Å². The minimum atomic E-state index is -0.104. The molecule has 0 spiro atoms. The molecule has 3 rings (SSSR count). The lowest BCUT2D eigenvalue weighted by Gasteiger charge is -2.00. The first kappa shape index (κ1) is 8.11. The van der Waals surface area contributed by atoms with Gasteiger partial charge in [0.15, 0.2) is 0 Å². The van der Waals surface area contributed by atoms with Crippen molar-refractivity contribution >= 4 is 21.7 Å². The maximum absolute atomic E-state index is 11.7. The van der Waals surface area contributed by atoms with Crippen molar-refractivity contribution in [3.63, 3.8) is 0 Å². The summed E-state index contributed by atoms with van der Waals surface area (Å²) in [6.07, 6.45) is 6.65. The molecule has 4 nitrogen and oxygen atoms in total. The average molecular weight is 197 g/mol. The fraction of sp³-hybridized carbons (Fsp3) is 0.